The third kappa shape index (κ3) is 2.74. The van der Waals surface area contributed by atoms with Crippen molar-refractivity contribution in [1.29, 1.82) is 0 Å². The molecule has 0 bridgehead atoms. The van der Waals surface area contributed by atoms with Gasteiger partial charge in [0.25, 0.3) is 0 Å². The largest absolute Gasteiger partial charge is 0.469 e. The molecule has 3 nitrogen and oxygen atoms in total. The predicted molar refractivity (Wildman–Crippen MR) is 60.6 cm³/mol. The Hall–Kier alpha value is -1.06. The number of methoxy groups -OCH3 is 1. The quantitative estimate of drug-likeness (QED) is 0.599. The van der Waals surface area contributed by atoms with Crippen LogP contribution in [-0.2, 0) is 14.3 Å². The first kappa shape index (κ1) is 11.4. The molecule has 1 aromatic carbocycles. The number of benzene rings is 1. The Bertz CT molecular complexity index is 370. The van der Waals surface area contributed by atoms with Crippen LogP contribution in [0.15, 0.2) is 24.3 Å². The first-order chi connectivity index (χ1) is 7.70. The number of ether oxygens (including phenoxy) is 2. The van der Waals surface area contributed by atoms with Crippen molar-refractivity contribution in [3.8, 4) is 0 Å². The normalized spacial score (nSPS) is 20.2. The number of carbonyl (C=O) groups is 1. The molecule has 1 saturated heterocycles. The summed E-state index contributed by atoms with van der Waals surface area (Å²) in [5, 5.41) is 0.692. The Labute approximate surface area is 99.3 Å². The van der Waals surface area contributed by atoms with E-state index < -0.39 is 0 Å². The number of epoxide rings is 1. The van der Waals surface area contributed by atoms with E-state index in [1.165, 1.54) is 7.11 Å². The van der Waals surface area contributed by atoms with Gasteiger partial charge in [0.15, 0.2) is 0 Å². The molecule has 0 spiro atoms. The van der Waals surface area contributed by atoms with Crippen LogP contribution in [0.25, 0.3) is 0 Å². The molecule has 0 aromatic heterocycles. The second-order valence-electron chi connectivity index (χ2n) is 3.81. The maximum atomic E-state index is 11.3. The maximum Gasteiger partial charge on any atom is 0.306 e. The molecule has 86 valence electrons. The summed E-state index contributed by atoms with van der Waals surface area (Å²) < 4.78 is 9.94. The number of hydrogen-bond donors (Lipinski definition) is 0. The monoisotopic (exact) mass is 240 g/mol. The van der Waals surface area contributed by atoms with Gasteiger partial charge >= 0.3 is 5.97 Å². The Kier molecular flexibility index (Phi) is 3.46. The van der Waals surface area contributed by atoms with Gasteiger partial charge in [-0.05, 0) is 17.7 Å². The summed E-state index contributed by atoms with van der Waals surface area (Å²) in [7, 11) is 1.40. The van der Waals surface area contributed by atoms with E-state index in [0.717, 1.165) is 5.56 Å². The summed E-state index contributed by atoms with van der Waals surface area (Å²) in [4.78, 5) is 11.3. The van der Waals surface area contributed by atoms with Crippen LogP contribution in [-0.4, -0.2) is 25.8 Å². The number of rotatable bonds is 4. The summed E-state index contributed by atoms with van der Waals surface area (Å²) in [5.74, 6) is -0.139. The number of halogens is 1. The van der Waals surface area contributed by atoms with Gasteiger partial charge < -0.3 is 9.47 Å². The first-order valence-corrected chi connectivity index (χ1v) is 5.52. The van der Waals surface area contributed by atoms with Crippen LogP contribution in [0.4, 0.5) is 0 Å². The zero-order chi connectivity index (χ0) is 11.5. The molecular formula is C12H13ClO3. The van der Waals surface area contributed by atoms with Crippen molar-refractivity contribution in [2.45, 2.75) is 18.4 Å². The first-order valence-electron chi connectivity index (χ1n) is 5.14. The molecule has 1 aromatic rings. The maximum absolute atomic E-state index is 11.3. The highest BCUT2D eigenvalue weighted by molar-refractivity contribution is 6.30. The molecule has 4 heteroatoms. The van der Waals surface area contributed by atoms with E-state index in [9.17, 15) is 4.79 Å². The molecule has 0 radical (unpaired) electrons. The second kappa shape index (κ2) is 4.85. The van der Waals surface area contributed by atoms with E-state index in [0.29, 0.717) is 18.1 Å². The van der Waals surface area contributed by atoms with Crippen molar-refractivity contribution < 1.29 is 14.3 Å². The van der Waals surface area contributed by atoms with Gasteiger partial charge in [0.2, 0.25) is 0 Å². The molecule has 0 amide bonds. The summed E-state index contributed by atoms with van der Waals surface area (Å²) in [5.41, 5.74) is 1.07. The number of carbonyl (C=O) groups excluding carboxylic acids is 1. The van der Waals surface area contributed by atoms with E-state index in [1.807, 2.05) is 24.3 Å². The van der Waals surface area contributed by atoms with E-state index in [-0.39, 0.29) is 18.0 Å². The van der Waals surface area contributed by atoms with Gasteiger partial charge in [0.05, 0.1) is 26.2 Å². The van der Waals surface area contributed by atoms with Crippen LogP contribution in [0.2, 0.25) is 5.02 Å². The summed E-state index contributed by atoms with van der Waals surface area (Å²) >= 11 is 5.82. The molecule has 1 aliphatic rings. The molecule has 0 N–H and O–H groups in total. The number of esters is 1. The lowest BCUT2D eigenvalue weighted by Crippen LogP contribution is -2.13. The van der Waals surface area contributed by atoms with Crippen LogP contribution in [0.3, 0.4) is 0 Å². The molecule has 2 atom stereocenters. The van der Waals surface area contributed by atoms with Gasteiger partial charge in [0.1, 0.15) is 0 Å². The van der Waals surface area contributed by atoms with Crippen LogP contribution < -0.4 is 0 Å². The Morgan fingerprint density at radius 3 is 2.69 bits per heavy atom. The van der Waals surface area contributed by atoms with E-state index in [2.05, 4.69) is 4.74 Å². The number of hydrogen-bond acceptors (Lipinski definition) is 3. The topological polar surface area (TPSA) is 38.8 Å². The molecule has 16 heavy (non-hydrogen) atoms. The summed E-state index contributed by atoms with van der Waals surface area (Å²) in [6.45, 7) is 0.713. The minimum Gasteiger partial charge on any atom is -0.469 e. The van der Waals surface area contributed by atoms with Gasteiger partial charge in [-0.2, -0.15) is 0 Å². The molecule has 1 aliphatic heterocycles. The summed E-state index contributed by atoms with van der Waals surface area (Å²) in [6, 6.07) is 7.50. The standard InChI is InChI=1S/C12H13ClO3/c1-15-12(14)6-10(11-7-16-11)8-2-4-9(13)5-3-8/h2-5,10-11H,6-7H2,1H3/t10-,11+/m1/s1. The third-order valence-corrected chi connectivity index (χ3v) is 2.97. The third-order valence-electron chi connectivity index (χ3n) is 2.72. The van der Waals surface area contributed by atoms with Crippen molar-refractivity contribution >= 4 is 17.6 Å². The van der Waals surface area contributed by atoms with E-state index in [4.69, 9.17) is 16.3 Å². The molecular weight excluding hydrogens is 228 g/mol. The fraction of sp³-hybridized carbons (Fsp3) is 0.417. The highest BCUT2D eigenvalue weighted by atomic mass is 35.5. The van der Waals surface area contributed by atoms with Crippen molar-refractivity contribution in [1.82, 2.24) is 0 Å². The van der Waals surface area contributed by atoms with Gasteiger partial charge in [-0.3, -0.25) is 4.79 Å². The van der Waals surface area contributed by atoms with Gasteiger partial charge in [-0.25, -0.2) is 0 Å². The van der Waals surface area contributed by atoms with E-state index >= 15 is 0 Å². The van der Waals surface area contributed by atoms with Crippen LogP contribution in [0.1, 0.15) is 17.9 Å². The van der Waals surface area contributed by atoms with Crippen LogP contribution >= 0.6 is 11.6 Å². The fourth-order valence-electron chi connectivity index (χ4n) is 1.72. The SMILES string of the molecule is COC(=O)C[C@H](c1ccc(Cl)cc1)[C@@H]1CO1. The van der Waals surface area contributed by atoms with Crippen molar-refractivity contribution in [3.05, 3.63) is 34.9 Å². The average molecular weight is 241 g/mol. The molecule has 1 heterocycles. The zero-order valence-corrected chi connectivity index (χ0v) is 9.74. The Morgan fingerprint density at radius 1 is 1.56 bits per heavy atom. The highest BCUT2D eigenvalue weighted by Gasteiger charge is 2.35. The molecule has 2 rings (SSSR count). The smallest absolute Gasteiger partial charge is 0.306 e. The minimum absolute atomic E-state index is 0.0738. The van der Waals surface area contributed by atoms with Crippen LogP contribution in [0.5, 0.6) is 0 Å². The minimum atomic E-state index is -0.213. The molecule has 1 fully saturated rings. The van der Waals surface area contributed by atoms with Crippen molar-refractivity contribution in [2.75, 3.05) is 13.7 Å². The lowest BCUT2D eigenvalue weighted by atomic mass is 9.93. The van der Waals surface area contributed by atoms with Gasteiger partial charge in [-0.1, -0.05) is 23.7 Å². The van der Waals surface area contributed by atoms with Gasteiger partial charge in [0, 0.05) is 10.9 Å². The van der Waals surface area contributed by atoms with Crippen molar-refractivity contribution in [2.24, 2.45) is 0 Å². The van der Waals surface area contributed by atoms with E-state index in [1.54, 1.807) is 0 Å². The lowest BCUT2D eigenvalue weighted by molar-refractivity contribution is -0.141. The average Bonchev–Trinajstić information content (AvgIpc) is 3.11. The molecule has 0 saturated carbocycles. The van der Waals surface area contributed by atoms with Crippen molar-refractivity contribution in [3.63, 3.8) is 0 Å². The zero-order valence-electron chi connectivity index (χ0n) is 8.98. The fourth-order valence-corrected chi connectivity index (χ4v) is 1.85. The van der Waals surface area contributed by atoms with Crippen LogP contribution in [0, 0.1) is 0 Å². The lowest BCUT2D eigenvalue weighted by Gasteiger charge is -2.13. The predicted octanol–water partition coefficient (Wildman–Crippen LogP) is 2.39. The second-order valence-corrected chi connectivity index (χ2v) is 4.25. The molecule has 0 unspecified atom stereocenters. The van der Waals surface area contributed by atoms with Gasteiger partial charge in [-0.15, -0.1) is 0 Å². The highest BCUT2D eigenvalue weighted by Crippen LogP contribution is 2.33. The Balaban J connectivity index is 2.12. The Morgan fingerprint density at radius 2 is 2.19 bits per heavy atom. The molecule has 0 aliphatic carbocycles. The summed E-state index contributed by atoms with van der Waals surface area (Å²) in [6.07, 6.45) is 0.489.